The number of hydrogen-bond donors (Lipinski definition) is 1. The molecule has 21 heavy (non-hydrogen) atoms. The van der Waals surface area contributed by atoms with Gasteiger partial charge in [0.25, 0.3) is 10.4 Å². The predicted molar refractivity (Wildman–Crippen MR) is 76.5 cm³/mol. The zero-order valence-electron chi connectivity index (χ0n) is 11.4. The fourth-order valence-electron chi connectivity index (χ4n) is 1.62. The van der Waals surface area contributed by atoms with Crippen LogP contribution in [0.1, 0.15) is 11.1 Å². The minimum absolute atomic E-state index is 0. The summed E-state index contributed by atoms with van der Waals surface area (Å²) in [6.45, 7) is 0. The zero-order valence-corrected chi connectivity index (χ0v) is 14.2. The van der Waals surface area contributed by atoms with Gasteiger partial charge in [-0.3, -0.25) is 0 Å². The molecule has 0 radical (unpaired) electrons. The van der Waals surface area contributed by atoms with Crippen molar-refractivity contribution < 1.29 is 46.7 Å². The number of benzene rings is 2. The van der Waals surface area contributed by atoms with Crippen LogP contribution in [0, 0.1) is 0 Å². The van der Waals surface area contributed by atoms with Crippen LogP contribution in [0.4, 0.5) is 5.69 Å². The Hall–Kier alpha value is -1.31. The maximum atomic E-state index is 10.7. The van der Waals surface area contributed by atoms with Crippen molar-refractivity contribution >= 4 is 28.2 Å². The SMILES string of the molecule is Nc1ccc(/C=C\c2ccccc2)c(OS(=O)(=O)[O-])c1.[Na+]. The summed E-state index contributed by atoms with van der Waals surface area (Å²) in [6.07, 6.45) is 3.42. The van der Waals surface area contributed by atoms with Crippen LogP contribution >= 0.6 is 0 Å². The summed E-state index contributed by atoms with van der Waals surface area (Å²) in [5.41, 5.74) is 7.24. The molecular weight excluding hydrogens is 301 g/mol. The Labute approximate surface area is 145 Å². The first-order valence-electron chi connectivity index (χ1n) is 5.72. The fourth-order valence-corrected chi connectivity index (χ4v) is 1.99. The molecule has 0 aliphatic carbocycles. The molecule has 0 heterocycles. The molecule has 0 atom stereocenters. The standard InChI is InChI=1S/C14H13NO4S.Na/c15-13-9-8-12(14(10-13)19-20(16,17)18)7-6-11-4-2-1-3-5-11;/h1-10H,15H2,(H,16,17,18);/q;+1/p-1/b7-6-;. The largest absolute Gasteiger partial charge is 1.00 e. The molecule has 0 fully saturated rings. The van der Waals surface area contributed by atoms with E-state index in [1.54, 1.807) is 24.3 Å². The second-order valence-corrected chi connectivity index (χ2v) is 5.02. The molecule has 2 aromatic rings. The Morgan fingerprint density at radius 2 is 1.71 bits per heavy atom. The van der Waals surface area contributed by atoms with Gasteiger partial charge in [-0.1, -0.05) is 42.5 Å². The van der Waals surface area contributed by atoms with Crippen molar-refractivity contribution in [1.82, 2.24) is 0 Å². The molecule has 5 nitrogen and oxygen atoms in total. The van der Waals surface area contributed by atoms with Gasteiger partial charge in [0.15, 0.2) is 5.75 Å². The number of anilines is 1. The second-order valence-electron chi connectivity index (χ2n) is 4.03. The summed E-state index contributed by atoms with van der Waals surface area (Å²) in [5.74, 6) is -0.0906. The summed E-state index contributed by atoms with van der Waals surface area (Å²) in [6, 6.07) is 13.9. The van der Waals surface area contributed by atoms with Crippen molar-refractivity contribution in [3.05, 3.63) is 59.7 Å². The van der Waals surface area contributed by atoms with Crippen LogP contribution in [-0.4, -0.2) is 13.0 Å². The molecule has 0 saturated carbocycles. The number of hydrogen-bond acceptors (Lipinski definition) is 5. The fraction of sp³-hybridized carbons (Fsp3) is 0. The topological polar surface area (TPSA) is 92.5 Å². The van der Waals surface area contributed by atoms with Crippen LogP contribution < -0.4 is 39.5 Å². The van der Waals surface area contributed by atoms with Gasteiger partial charge in [-0.05, 0) is 17.7 Å². The van der Waals surface area contributed by atoms with E-state index in [2.05, 4.69) is 4.18 Å². The summed E-state index contributed by atoms with van der Waals surface area (Å²) >= 11 is 0. The van der Waals surface area contributed by atoms with Crippen LogP contribution in [0.2, 0.25) is 0 Å². The van der Waals surface area contributed by atoms with Gasteiger partial charge in [0.2, 0.25) is 0 Å². The Morgan fingerprint density at radius 3 is 2.33 bits per heavy atom. The summed E-state index contributed by atoms with van der Waals surface area (Å²) in [5, 5.41) is 0. The van der Waals surface area contributed by atoms with E-state index in [1.807, 2.05) is 30.3 Å². The quantitative estimate of drug-likeness (QED) is 0.264. The van der Waals surface area contributed by atoms with Crippen LogP contribution in [-0.2, 0) is 10.4 Å². The van der Waals surface area contributed by atoms with Gasteiger partial charge in [-0.25, -0.2) is 8.42 Å². The third kappa shape index (κ3) is 5.91. The molecule has 0 spiro atoms. The molecule has 2 N–H and O–H groups in total. The molecular formula is C14H12NNaO4S. The van der Waals surface area contributed by atoms with E-state index in [-0.39, 0.29) is 35.3 Å². The average molecular weight is 313 g/mol. The Kier molecular flexibility index (Phi) is 6.44. The average Bonchev–Trinajstić information content (AvgIpc) is 2.37. The monoisotopic (exact) mass is 313 g/mol. The second kappa shape index (κ2) is 7.63. The first-order chi connectivity index (χ1) is 9.44. The number of nitrogen functional groups attached to an aromatic ring is 1. The van der Waals surface area contributed by atoms with E-state index in [0.717, 1.165) is 5.56 Å². The molecule has 0 amide bonds. The van der Waals surface area contributed by atoms with Gasteiger partial charge in [0.05, 0.1) is 0 Å². The molecule has 0 unspecified atom stereocenters. The van der Waals surface area contributed by atoms with E-state index < -0.39 is 10.4 Å². The zero-order chi connectivity index (χ0) is 14.6. The van der Waals surface area contributed by atoms with Crippen molar-refractivity contribution in [3.8, 4) is 5.75 Å². The Balaban J connectivity index is 0.00000220. The van der Waals surface area contributed by atoms with Crippen LogP contribution in [0.5, 0.6) is 5.75 Å². The molecule has 0 saturated heterocycles. The smallest absolute Gasteiger partial charge is 0.716 e. The minimum atomic E-state index is -4.84. The van der Waals surface area contributed by atoms with Gasteiger partial charge in [-0.15, -0.1) is 0 Å². The van der Waals surface area contributed by atoms with Gasteiger partial charge in [-0.2, -0.15) is 0 Å². The van der Waals surface area contributed by atoms with Crippen molar-refractivity contribution in [1.29, 1.82) is 0 Å². The number of nitrogens with two attached hydrogens (primary N) is 1. The van der Waals surface area contributed by atoms with E-state index in [4.69, 9.17) is 5.73 Å². The van der Waals surface area contributed by atoms with E-state index in [9.17, 15) is 13.0 Å². The van der Waals surface area contributed by atoms with Crippen molar-refractivity contribution in [3.63, 3.8) is 0 Å². The molecule has 104 valence electrons. The normalized spacial score (nSPS) is 11.1. The van der Waals surface area contributed by atoms with Crippen LogP contribution in [0.3, 0.4) is 0 Å². The van der Waals surface area contributed by atoms with Gasteiger partial charge in [0, 0.05) is 17.3 Å². The first-order valence-corrected chi connectivity index (χ1v) is 7.05. The maximum absolute atomic E-state index is 10.7. The maximum Gasteiger partial charge on any atom is 1.00 e. The predicted octanol–water partition coefficient (Wildman–Crippen LogP) is -0.718. The summed E-state index contributed by atoms with van der Waals surface area (Å²) in [4.78, 5) is 0. The van der Waals surface area contributed by atoms with E-state index in [1.165, 1.54) is 6.07 Å². The van der Waals surface area contributed by atoms with Gasteiger partial charge < -0.3 is 14.5 Å². The van der Waals surface area contributed by atoms with Crippen molar-refractivity contribution in [2.45, 2.75) is 0 Å². The molecule has 2 rings (SSSR count). The van der Waals surface area contributed by atoms with Crippen molar-refractivity contribution in [2.24, 2.45) is 0 Å². The Bertz CT molecular complexity index is 730. The first kappa shape index (κ1) is 17.7. The molecule has 0 bridgehead atoms. The van der Waals surface area contributed by atoms with Gasteiger partial charge in [0.1, 0.15) is 0 Å². The molecule has 0 aromatic heterocycles. The molecule has 0 aliphatic rings. The minimum Gasteiger partial charge on any atom is -0.716 e. The Morgan fingerprint density at radius 1 is 1.05 bits per heavy atom. The van der Waals surface area contributed by atoms with Crippen LogP contribution in [0.25, 0.3) is 12.2 Å². The summed E-state index contributed by atoms with van der Waals surface area (Å²) in [7, 11) is -4.84. The molecule has 0 aliphatic heterocycles. The van der Waals surface area contributed by atoms with Gasteiger partial charge >= 0.3 is 29.6 Å². The van der Waals surface area contributed by atoms with E-state index >= 15 is 0 Å². The molecule has 2 aromatic carbocycles. The number of rotatable bonds is 4. The van der Waals surface area contributed by atoms with E-state index in [0.29, 0.717) is 11.3 Å². The molecule has 7 heteroatoms. The third-order valence-corrected chi connectivity index (χ3v) is 2.87. The van der Waals surface area contributed by atoms with Crippen LogP contribution in [0.15, 0.2) is 48.5 Å². The third-order valence-electron chi connectivity index (χ3n) is 2.48. The summed E-state index contributed by atoms with van der Waals surface area (Å²) < 4.78 is 36.5. The van der Waals surface area contributed by atoms with Crippen molar-refractivity contribution in [2.75, 3.05) is 5.73 Å².